The molecule has 1 aromatic carbocycles. The Labute approximate surface area is 244 Å². The minimum atomic E-state index is -0.489. The molecule has 0 heterocycles. The number of ether oxygens (including phenoxy) is 4. The molecule has 0 saturated carbocycles. The third kappa shape index (κ3) is 27.3. The zero-order valence-electron chi connectivity index (χ0n) is 24.8. The number of carbonyl (C=O) groups excluding carboxylic acids is 4. The van der Waals surface area contributed by atoms with Crippen LogP contribution in [0.5, 0.6) is 0 Å². The summed E-state index contributed by atoms with van der Waals surface area (Å²) < 4.78 is 18.5. The SMILES string of the molecule is C=C(C)C(=O)OC.C=C(C)C(=O)OCCN(C)C.C=C(C)C(=O)OCCOC(=O)C(=C)C.ClCc1ccccc1. The standard InChI is InChI=1S/C10H14O4.C8H15NO2.C7H7Cl.C5H8O2/c1-7(2)9(11)13-5-6-14-10(12)8(3)4;1-7(2)8(10)11-6-5-9(3)4;8-6-7-4-2-1-3-5-7;1-4(2)5(6)7-3/h1,3,5-6H2,2,4H3;1,5-6H2,2-4H3;1-5H,6H2;1H2,2-3H3. The van der Waals surface area contributed by atoms with Crippen LogP contribution in [-0.4, -0.2) is 76.3 Å². The van der Waals surface area contributed by atoms with Crippen LogP contribution in [0.3, 0.4) is 0 Å². The number of likely N-dealkylation sites (N-methyl/N-ethyl adjacent to an activating group) is 1. The molecule has 0 aliphatic carbocycles. The lowest BCUT2D eigenvalue weighted by Gasteiger charge is -2.09. The lowest BCUT2D eigenvalue weighted by Crippen LogP contribution is -2.20. The van der Waals surface area contributed by atoms with Crippen LogP contribution < -0.4 is 0 Å². The average Bonchev–Trinajstić information content (AvgIpc) is 2.91. The molecule has 1 aromatic rings. The molecule has 1 rings (SSSR count). The van der Waals surface area contributed by atoms with Crippen molar-refractivity contribution in [2.45, 2.75) is 33.6 Å². The lowest BCUT2D eigenvalue weighted by molar-refractivity contribution is -0.147. The van der Waals surface area contributed by atoms with E-state index in [1.807, 2.05) is 49.3 Å². The van der Waals surface area contributed by atoms with E-state index in [0.717, 1.165) is 6.54 Å². The van der Waals surface area contributed by atoms with E-state index in [1.54, 1.807) is 27.7 Å². The number of alkyl halides is 1. The molecule has 224 valence electrons. The number of halogens is 1. The van der Waals surface area contributed by atoms with Crippen molar-refractivity contribution in [3.05, 3.63) is 84.5 Å². The first-order chi connectivity index (χ1) is 18.6. The van der Waals surface area contributed by atoms with Gasteiger partial charge in [-0.1, -0.05) is 56.6 Å². The number of esters is 4. The average molecular weight is 582 g/mol. The second kappa shape index (κ2) is 25.6. The van der Waals surface area contributed by atoms with E-state index in [0.29, 0.717) is 34.8 Å². The highest BCUT2D eigenvalue weighted by atomic mass is 35.5. The van der Waals surface area contributed by atoms with Crippen LogP contribution >= 0.6 is 11.6 Å². The van der Waals surface area contributed by atoms with Gasteiger partial charge in [-0.2, -0.15) is 0 Å². The molecule has 9 nitrogen and oxygen atoms in total. The largest absolute Gasteiger partial charge is 0.466 e. The summed E-state index contributed by atoms with van der Waals surface area (Å²) in [6, 6.07) is 9.96. The van der Waals surface area contributed by atoms with Crippen LogP contribution in [0, 0.1) is 0 Å². The molecule has 0 aliphatic rings. The van der Waals surface area contributed by atoms with Crippen LogP contribution in [0.2, 0.25) is 0 Å². The maximum Gasteiger partial charge on any atom is 0.333 e. The molecule has 0 aliphatic heterocycles. The molecule has 0 saturated heterocycles. The van der Waals surface area contributed by atoms with Crippen molar-refractivity contribution in [1.29, 1.82) is 0 Å². The van der Waals surface area contributed by atoms with Gasteiger partial charge < -0.3 is 23.8 Å². The molecule has 0 amide bonds. The van der Waals surface area contributed by atoms with E-state index in [-0.39, 0.29) is 25.2 Å². The summed E-state index contributed by atoms with van der Waals surface area (Å²) in [6.07, 6.45) is 0. The van der Waals surface area contributed by atoms with Crippen molar-refractivity contribution in [2.75, 3.05) is 47.6 Å². The molecule has 0 spiro atoms. The van der Waals surface area contributed by atoms with Crippen molar-refractivity contribution >= 4 is 35.5 Å². The Hall–Kier alpha value is -3.69. The van der Waals surface area contributed by atoms with Gasteiger partial charge in [0.05, 0.1) is 7.11 Å². The third-order valence-corrected chi connectivity index (χ3v) is 4.21. The second-order valence-corrected chi connectivity index (χ2v) is 8.71. The Balaban J connectivity index is -0.000000472. The van der Waals surface area contributed by atoms with Gasteiger partial charge >= 0.3 is 23.9 Å². The minimum Gasteiger partial charge on any atom is -0.466 e. The van der Waals surface area contributed by atoms with Gasteiger partial charge in [-0.05, 0) is 47.4 Å². The van der Waals surface area contributed by atoms with E-state index in [9.17, 15) is 19.2 Å². The lowest BCUT2D eigenvalue weighted by atomic mass is 10.2. The van der Waals surface area contributed by atoms with Gasteiger partial charge in [0.1, 0.15) is 19.8 Å². The summed E-state index contributed by atoms with van der Waals surface area (Å²) in [5, 5.41) is 0. The molecule has 0 aromatic heterocycles. The van der Waals surface area contributed by atoms with E-state index < -0.39 is 11.9 Å². The van der Waals surface area contributed by atoms with Crippen LogP contribution in [-0.2, 0) is 44.0 Å². The number of rotatable bonds is 11. The number of nitrogens with zero attached hydrogens (tertiary/aromatic N) is 1. The third-order valence-electron chi connectivity index (χ3n) is 3.90. The molecule has 0 atom stereocenters. The Morgan fingerprint density at radius 2 is 1.02 bits per heavy atom. The van der Waals surface area contributed by atoms with E-state index in [2.05, 4.69) is 40.5 Å². The van der Waals surface area contributed by atoms with Crippen molar-refractivity contribution in [3.8, 4) is 0 Å². The van der Waals surface area contributed by atoms with Crippen LogP contribution in [0.25, 0.3) is 0 Å². The maximum atomic E-state index is 10.8. The summed E-state index contributed by atoms with van der Waals surface area (Å²) >= 11 is 5.53. The van der Waals surface area contributed by atoms with Crippen molar-refractivity contribution < 1.29 is 38.1 Å². The van der Waals surface area contributed by atoms with Gasteiger partial charge in [0.2, 0.25) is 0 Å². The summed E-state index contributed by atoms with van der Waals surface area (Å²) in [7, 11) is 5.18. The molecule has 0 unspecified atom stereocenters. The second-order valence-electron chi connectivity index (χ2n) is 8.44. The molecule has 40 heavy (non-hydrogen) atoms. The Kier molecular flexibility index (Phi) is 26.1. The van der Waals surface area contributed by atoms with Crippen LogP contribution in [0.1, 0.15) is 33.3 Å². The minimum absolute atomic E-state index is 0.0325. The fraction of sp³-hybridized carbons (Fsp3) is 0.400. The van der Waals surface area contributed by atoms with Crippen LogP contribution in [0.4, 0.5) is 0 Å². The van der Waals surface area contributed by atoms with Crippen molar-refractivity contribution in [1.82, 2.24) is 4.90 Å². The number of carbonyl (C=O) groups is 4. The van der Waals surface area contributed by atoms with Gasteiger partial charge in [0.25, 0.3) is 0 Å². The fourth-order valence-corrected chi connectivity index (χ4v) is 1.88. The molecule has 0 radical (unpaired) electrons. The summed E-state index contributed by atoms with van der Waals surface area (Å²) in [5.74, 6) is -1.03. The number of methoxy groups -OCH3 is 1. The zero-order chi connectivity index (χ0) is 31.7. The first-order valence-corrected chi connectivity index (χ1v) is 12.6. The molecule has 0 fully saturated rings. The topological polar surface area (TPSA) is 108 Å². The highest BCUT2D eigenvalue weighted by Gasteiger charge is 2.05. The Bertz CT molecular complexity index is 943. The molecule has 10 heteroatoms. The van der Waals surface area contributed by atoms with Gasteiger partial charge in [0, 0.05) is 34.7 Å². The normalized spacial score (nSPS) is 9.03. The smallest absolute Gasteiger partial charge is 0.333 e. The summed E-state index contributed by atoms with van der Waals surface area (Å²) in [6.45, 7) is 21.2. The highest BCUT2D eigenvalue weighted by Crippen LogP contribution is 2.00. The first-order valence-electron chi connectivity index (χ1n) is 12.1. The number of benzene rings is 1. The molecule has 0 bridgehead atoms. The van der Waals surface area contributed by atoms with E-state index in [1.165, 1.54) is 12.7 Å². The maximum absolute atomic E-state index is 10.8. The quantitative estimate of drug-likeness (QED) is 0.116. The summed E-state index contributed by atoms with van der Waals surface area (Å²) in [4.78, 5) is 44.6. The fourth-order valence-electron chi connectivity index (χ4n) is 1.70. The van der Waals surface area contributed by atoms with Gasteiger partial charge in [-0.3, -0.25) is 0 Å². The van der Waals surface area contributed by atoms with Gasteiger partial charge in [-0.25, -0.2) is 19.2 Å². The monoisotopic (exact) mass is 581 g/mol. The summed E-state index contributed by atoms with van der Waals surface area (Å²) in [5.41, 5.74) is 2.69. The van der Waals surface area contributed by atoms with Crippen LogP contribution in [0.15, 0.2) is 78.9 Å². The predicted octanol–water partition coefficient (Wildman–Crippen LogP) is 5.05. The van der Waals surface area contributed by atoms with Crippen molar-refractivity contribution in [2.24, 2.45) is 0 Å². The predicted molar refractivity (Wildman–Crippen MR) is 159 cm³/mol. The number of hydrogen-bond acceptors (Lipinski definition) is 9. The first kappa shape index (κ1) is 40.8. The van der Waals surface area contributed by atoms with Crippen molar-refractivity contribution in [3.63, 3.8) is 0 Å². The molecular weight excluding hydrogens is 538 g/mol. The Morgan fingerprint density at radius 3 is 1.25 bits per heavy atom. The van der Waals surface area contributed by atoms with E-state index in [4.69, 9.17) is 16.3 Å². The van der Waals surface area contributed by atoms with Gasteiger partial charge in [-0.15, -0.1) is 11.6 Å². The molecular formula is C30H44ClNO8. The number of hydrogen-bond donors (Lipinski definition) is 0. The van der Waals surface area contributed by atoms with E-state index >= 15 is 0 Å². The Morgan fingerprint density at radius 1 is 0.675 bits per heavy atom. The highest BCUT2D eigenvalue weighted by molar-refractivity contribution is 6.17. The van der Waals surface area contributed by atoms with Gasteiger partial charge in [0.15, 0.2) is 0 Å². The zero-order valence-corrected chi connectivity index (χ0v) is 25.6. The molecule has 0 N–H and O–H groups in total.